The number of amides is 3. The summed E-state index contributed by atoms with van der Waals surface area (Å²) in [4.78, 5) is 34.5. The molecule has 1 unspecified atom stereocenters. The summed E-state index contributed by atoms with van der Waals surface area (Å²) in [5.41, 5.74) is -0.935. The summed E-state index contributed by atoms with van der Waals surface area (Å²) in [5, 5.41) is 11.2. The molecule has 1 saturated heterocycles. The van der Waals surface area contributed by atoms with Gasteiger partial charge in [-0.3, -0.25) is 14.5 Å². The predicted octanol–water partition coefficient (Wildman–Crippen LogP) is 0.0375. The number of nitrogens with one attached hydrogen (secondary N) is 1. The van der Waals surface area contributed by atoms with Crippen molar-refractivity contribution in [1.82, 2.24) is 10.2 Å². The van der Waals surface area contributed by atoms with Crippen LogP contribution < -0.4 is 5.32 Å². The Hall–Kier alpha value is -1.59. The summed E-state index contributed by atoms with van der Waals surface area (Å²) in [5.74, 6) is -2.17. The topological polar surface area (TPSA) is 86.7 Å². The van der Waals surface area contributed by atoms with E-state index in [2.05, 4.69) is 5.32 Å². The molecule has 0 spiro atoms. The van der Waals surface area contributed by atoms with E-state index < -0.39 is 23.5 Å². The van der Waals surface area contributed by atoms with Gasteiger partial charge in [0.05, 0.1) is 5.92 Å². The summed E-state index contributed by atoms with van der Waals surface area (Å²) in [6.45, 7) is 4.52. The van der Waals surface area contributed by atoms with Gasteiger partial charge < -0.3 is 10.4 Å². The molecule has 0 aromatic heterocycles. The van der Waals surface area contributed by atoms with Gasteiger partial charge in [0.15, 0.2) is 0 Å². The zero-order valence-electron chi connectivity index (χ0n) is 8.90. The van der Waals surface area contributed by atoms with E-state index in [4.69, 9.17) is 5.11 Å². The van der Waals surface area contributed by atoms with Crippen molar-refractivity contribution in [2.45, 2.75) is 26.3 Å². The van der Waals surface area contributed by atoms with Gasteiger partial charge in [-0.15, -0.1) is 0 Å². The van der Waals surface area contributed by atoms with Crippen LogP contribution in [0.1, 0.15) is 20.8 Å². The molecule has 1 atom stereocenters. The molecule has 0 aromatic carbocycles. The Morgan fingerprint density at radius 3 is 2.40 bits per heavy atom. The molecule has 0 bridgehead atoms. The number of carboxylic acid groups (broad SMARTS) is 1. The molecular formula is C9H14N2O4. The van der Waals surface area contributed by atoms with Crippen molar-refractivity contribution in [2.24, 2.45) is 5.92 Å². The molecule has 1 aliphatic rings. The second-order valence-corrected chi connectivity index (χ2v) is 4.21. The van der Waals surface area contributed by atoms with Crippen molar-refractivity contribution in [2.75, 3.05) is 6.54 Å². The standard InChI is InChI=1S/C9H14N2O4/c1-5(6(12)13)4-11-7(14)9(2,3)10-8(11)15/h5H,4H2,1-3H3,(H,10,15)(H,12,13). The number of urea groups is 1. The highest BCUT2D eigenvalue weighted by Crippen LogP contribution is 2.17. The quantitative estimate of drug-likeness (QED) is 0.649. The fraction of sp³-hybridized carbons (Fsp3) is 0.667. The Morgan fingerprint density at radius 2 is 2.07 bits per heavy atom. The first kappa shape index (κ1) is 11.5. The Bertz CT molecular complexity index is 324. The molecule has 1 fully saturated rings. The van der Waals surface area contributed by atoms with Crippen molar-refractivity contribution in [3.63, 3.8) is 0 Å². The summed E-state index contributed by atoms with van der Waals surface area (Å²) in [6.07, 6.45) is 0. The number of aliphatic carboxylic acids is 1. The first-order valence-corrected chi connectivity index (χ1v) is 4.62. The van der Waals surface area contributed by atoms with E-state index >= 15 is 0 Å². The second kappa shape index (κ2) is 3.52. The zero-order chi connectivity index (χ0) is 11.8. The largest absolute Gasteiger partial charge is 0.481 e. The number of imide groups is 1. The molecule has 0 aliphatic carbocycles. The minimum Gasteiger partial charge on any atom is -0.481 e. The maximum Gasteiger partial charge on any atom is 0.325 e. The third-order valence-electron chi connectivity index (χ3n) is 2.32. The third-order valence-corrected chi connectivity index (χ3v) is 2.32. The summed E-state index contributed by atoms with van der Waals surface area (Å²) in [7, 11) is 0. The van der Waals surface area contributed by atoms with E-state index in [-0.39, 0.29) is 12.5 Å². The highest BCUT2D eigenvalue weighted by molar-refractivity contribution is 6.06. The maximum absolute atomic E-state index is 11.6. The smallest absolute Gasteiger partial charge is 0.325 e. The fourth-order valence-corrected chi connectivity index (χ4v) is 1.34. The van der Waals surface area contributed by atoms with Crippen LogP contribution in [0.3, 0.4) is 0 Å². The maximum atomic E-state index is 11.6. The summed E-state index contributed by atoms with van der Waals surface area (Å²) >= 11 is 0. The minimum absolute atomic E-state index is 0.0938. The van der Waals surface area contributed by atoms with Gasteiger partial charge in [-0.1, -0.05) is 6.92 Å². The number of rotatable bonds is 3. The molecule has 84 valence electrons. The lowest BCUT2D eigenvalue weighted by Gasteiger charge is -2.17. The second-order valence-electron chi connectivity index (χ2n) is 4.21. The van der Waals surface area contributed by atoms with Gasteiger partial charge >= 0.3 is 12.0 Å². The van der Waals surface area contributed by atoms with Crippen LogP contribution in [0.4, 0.5) is 4.79 Å². The van der Waals surface area contributed by atoms with Crippen LogP contribution in [0.2, 0.25) is 0 Å². The van der Waals surface area contributed by atoms with E-state index in [0.29, 0.717) is 0 Å². The number of carbonyl (C=O) groups excluding carboxylic acids is 2. The fourth-order valence-electron chi connectivity index (χ4n) is 1.34. The number of carboxylic acids is 1. The Morgan fingerprint density at radius 1 is 1.53 bits per heavy atom. The first-order valence-electron chi connectivity index (χ1n) is 4.62. The molecule has 2 N–H and O–H groups in total. The van der Waals surface area contributed by atoms with Crippen molar-refractivity contribution in [1.29, 1.82) is 0 Å². The number of nitrogens with zero attached hydrogens (tertiary/aromatic N) is 1. The number of hydrogen-bond acceptors (Lipinski definition) is 3. The van der Waals surface area contributed by atoms with Gasteiger partial charge in [-0.05, 0) is 13.8 Å². The van der Waals surface area contributed by atoms with Gasteiger partial charge in [0, 0.05) is 6.54 Å². The molecule has 0 aromatic rings. The van der Waals surface area contributed by atoms with Gasteiger partial charge in [-0.2, -0.15) is 0 Å². The molecule has 15 heavy (non-hydrogen) atoms. The SMILES string of the molecule is CC(CN1C(=O)NC(C)(C)C1=O)C(=O)O. The highest BCUT2D eigenvalue weighted by Gasteiger charge is 2.44. The van der Waals surface area contributed by atoms with Gasteiger partial charge in [0.2, 0.25) is 0 Å². The van der Waals surface area contributed by atoms with Crippen LogP contribution in [0.5, 0.6) is 0 Å². The average molecular weight is 214 g/mol. The highest BCUT2D eigenvalue weighted by atomic mass is 16.4. The number of hydrogen-bond donors (Lipinski definition) is 2. The van der Waals surface area contributed by atoms with Crippen LogP contribution in [0, 0.1) is 5.92 Å². The van der Waals surface area contributed by atoms with E-state index in [1.165, 1.54) is 6.92 Å². The molecule has 0 saturated carbocycles. The Kier molecular flexibility index (Phi) is 2.70. The molecule has 1 rings (SSSR count). The molecular weight excluding hydrogens is 200 g/mol. The first-order chi connectivity index (χ1) is 6.75. The lowest BCUT2D eigenvalue weighted by atomic mass is 10.1. The monoisotopic (exact) mass is 214 g/mol. The van der Waals surface area contributed by atoms with Crippen molar-refractivity contribution >= 4 is 17.9 Å². The normalized spacial score (nSPS) is 21.4. The molecule has 6 heteroatoms. The van der Waals surface area contributed by atoms with Crippen LogP contribution in [-0.2, 0) is 9.59 Å². The predicted molar refractivity (Wildman–Crippen MR) is 51.1 cm³/mol. The van der Waals surface area contributed by atoms with Crippen LogP contribution >= 0.6 is 0 Å². The summed E-state index contributed by atoms with van der Waals surface area (Å²) < 4.78 is 0. The van der Waals surface area contributed by atoms with E-state index in [1.807, 2.05) is 0 Å². The molecule has 3 amide bonds. The van der Waals surface area contributed by atoms with E-state index in [0.717, 1.165) is 4.90 Å². The molecule has 6 nitrogen and oxygen atoms in total. The minimum atomic E-state index is -1.03. The average Bonchev–Trinajstić information content (AvgIpc) is 2.27. The van der Waals surface area contributed by atoms with Crippen LogP contribution in [-0.4, -0.2) is 40.0 Å². The number of carbonyl (C=O) groups is 3. The summed E-state index contributed by atoms with van der Waals surface area (Å²) in [6, 6.07) is -0.530. The van der Waals surface area contributed by atoms with Gasteiger partial charge in [0.25, 0.3) is 5.91 Å². The van der Waals surface area contributed by atoms with Gasteiger partial charge in [-0.25, -0.2) is 4.79 Å². The lowest BCUT2D eigenvalue weighted by molar-refractivity contribution is -0.142. The lowest BCUT2D eigenvalue weighted by Crippen LogP contribution is -2.41. The third kappa shape index (κ3) is 2.08. The van der Waals surface area contributed by atoms with Gasteiger partial charge in [0.1, 0.15) is 5.54 Å². The van der Waals surface area contributed by atoms with Crippen molar-refractivity contribution in [3.8, 4) is 0 Å². The van der Waals surface area contributed by atoms with Crippen molar-refractivity contribution in [3.05, 3.63) is 0 Å². The molecule has 1 aliphatic heterocycles. The van der Waals surface area contributed by atoms with E-state index in [9.17, 15) is 14.4 Å². The van der Waals surface area contributed by atoms with E-state index in [1.54, 1.807) is 13.8 Å². The van der Waals surface area contributed by atoms with Crippen LogP contribution in [0.15, 0.2) is 0 Å². The zero-order valence-corrected chi connectivity index (χ0v) is 8.90. The Balaban J connectivity index is 2.76. The Labute approximate surface area is 87.2 Å². The van der Waals surface area contributed by atoms with Crippen molar-refractivity contribution < 1.29 is 19.5 Å². The molecule has 0 radical (unpaired) electrons. The molecule has 1 heterocycles. The van der Waals surface area contributed by atoms with Crippen LogP contribution in [0.25, 0.3) is 0 Å².